The lowest BCUT2D eigenvalue weighted by molar-refractivity contribution is 0.408. The van der Waals surface area contributed by atoms with Crippen molar-refractivity contribution in [1.29, 1.82) is 0 Å². The van der Waals surface area contributed by atoms with E-state index in [-0.39, 0.29) is 5.56 Å². The van der Waals surface area contributed by atoms with Crippen molar-refractivity contribution in [2.24, 2.45) is 4.99 Å². The first-order valence-electron chi connectivity index (χ1n) is 15.8. The molecule has 0 saturated carbocycles. The zero-order valence-corrected chi connectivity index (χ0v) is 30.8. The molecule has 1 aliphatic rings. The van der Waals surface area contributed by atoms with E-state index < -0.39 is 30.0 Å². The maximum atomic E-state index is 12.7. The van der Waals surface area contributed by atoms with Gasteiger partial charge in [-0.3, -0.25) is 9.11 Å². The highest BCUT2D eigenvalue weighted by molar-refractivity contribution is 7.86. The number of benzene rings is 4. The van der Waals surface area contributed by atoms with Crippen molar-refractivity contribution in [2.45, 2.75) is 58.3 Å². The standard InChI is InChI=1S/C39H40N2O7S2/c1-22-19-23(2)37(27(6)26(22)5)40-31-13-9-29(10-14-31)36(34-18-17-33(49(42,43)44)21-35(34)50(45,46)47)30-11-15-32(16-12-30)41-38-24(3)20-25(4)39(48-8)28(38)7/h9-21,40H,1-8H3,(H,42,43,44)(H,45,46,47). The number of anilines is 2. The van der Waals surface area contributed by atoms with E-state index >= 15 is 0 Å². The van der Waals surface area contributed by atoms with Gasteiger partial charge in [0.2, 0.25) is 0 Å². The van der Waals surface area contributed by atoms with E-state index in [0.29, 0.717) is 22.4 Å². The second-order valence-electron chi connectivity index (χ2n) is 12.5. The molecule has 0 aromatic heterocycles. The quantitative estimate of drug-likeness (QED) is 0.154. The first-order valence-corrected chi connectivity index (χ1v) is 18.7. The van der Waals surface area contributed by atoms with E-state index in [1.165, 1.54) is 17.2 Å². The van der Waals surface area contributed by atoms with Crippen LogP contribution in [0.2, 0.25) is 0 Å². The predicted molar refractivity (Wildman–Crippen MR) is 200 cm³/mol. The third-order valence-electron chi connectivity index (χ3n) is 9.06. The summed E-state index contributed by atoms with van der Waals surface area (Å²) in [5, 5.41) is 3.50. The summed E-state index contributed by atoms with van der Waals surface area (Å²) >= 11 is 0. The van der Waals surface area contributed by atoms with Gasteiger partial charge >= 0.3 is 0 Å². The van der Waals surface area contributed by atoms with Crippen LogP contribution < -0.4 is 10.1 Å². The van der Waals surface area contributed by atoms with E-state index in [9.17, 15) is 25.9 Å². The molecule has 260 valence electrons. The number of allylic oxidation sites excluding steroid dienone is 5. The van der Waals surface area contributed by atoms with Crippen LogP contribution in [0.4, 0.5) is 17.1 Å². The molecule has 0 unspecified atom stereocenters. The molecule has 5 rings (SSSR count). The average Bonchev–Trinajstić information content (AvgIpc) is 3.05. The molecule has 50 heavy (non-hydrogen) atoms. The molecular weight excluding hydrogens is 673 g/mol. The molecule has 0 fully saturated rings. The Labute approximate surface area is 294 Å². The van der Waals surface area contributed by atoms with Gasteiger partial charge in [-0.05, 0) is 135 Å². The van der Waals surface area contributed by atoms with Crippen LogP contribution in [0.3, 0.4) is 0 Å². The lowest BCUT2D eigenvalue weighted by atomic mass is 9.90. The summed E-state index contributed by atoms with van der Waals surface area (Å²) in [6.07, 6.45) is 7.15. The highest BCUT2D eigenvalue weighted by Gasteiger charge is 2.25. The van der Waals surface area contributed by atoms with Crippen molar-refractivity contribution in [3.05, 3.63) is 135 Å². The Morgan fingerprint density at radius 1 is 0.680 bits per heavy atom. The summed E-state index contributed by atoms with van der Waals surface area (Å²) in [6.45, 7) is 14.2. The molecular formula is C39H40N2O7S2. The van der Waals surface area contributed by atoms with Gasteiger partial charge in [0.1, 0.15) is 10.6 Å². The number of rotatable bonds is 8. The molecule has 0 bridgehead atoms. The van der Waals surface area contributed by atoms with Crippen LogP contribution in [0.25, 0.3) is 5.57 Å². The van der Waals surface area contributed by atoms with Crippen molar-refractivity contribution >= 4 is 48.6 Å². The van der Waals surface area contributed by atoms with Crippen molar-refractivity contribution < 1.29 is 30.7 Å². The van der Waals surface area contributed by atoms with Gasteiger partial charge in [0.05, 0.1) is 23.4 Å². The third-order valence-corrected chi connectivity index (χ3v) is 10.8. The largest absolute Gasteiger partial charge is 0.496 e. The minimum atomic E-state index is -4.95. The van der Waals surface area contributed by atoms with Gasteiger partial charge in [-0.2, -0.15) is 16.8 Å². The number of hydrogen-bond acceptors (Lipinski definition) is 7. The lowest BCUT2D eigenvalue weighted by Gasteiger charge is -2.19. The zero-order valence-electron chi connectivity index (χ0n) is 29.2. The fraction of sp³-hybridized carbons (Fsp3) is 0.205. The van der Waals surface area contributed by atoms with Gasteiger partial charge in [0, 0.05) is 22.5 Å². The van der Waals surface area contributed by atoms with E-state index in [0.717, 1.165) is 62.8 Å². The Kier molecular flexibility index (Phi) is 10.1. The van der Waals surface area contributed by atoms with Crippen molar-refractivity contribution in [2.75, 3.05) is 12.4 Å². The van der Waals surface area contributed by atoms with Gasteiger partial charge in [-0.25, -0.2) is 4.99 Å². The van der Waals surface area contributed by atoms with Crippen LogP contribution in [-0.4, -0.2) is 38.8 Å². The summed E-state index contributed by atoms with van der Waals surface area (Å²) in [5.41, 5.74) is 12.3. The average molecular weight is 713 g/mol. The Bertz CT molecular complexity index is 2370. The van der Waals surface area contributed by atoms with Crippen LogP contribution in [0.1, 0.15) is 50.1 Å². The van der Waals surface area contributed by atoms with Crippen molar-refractivity contribution in [1.82, 2.24) is 0 Å². The van der Waals surface area contributed by atoms with Crippen LogP contribution in [0.15, 0.2) is 99.3 Å². The Hall–Kier alpha value is -4.81. The topological polar surface area (TPSA) is 142 Å². The first kappa shape index (κ1) is 36.5. The van der Waals surface area contributed by atoms with Crippen LogP contribution in [0, 0.1) is 48.5 Å². The Balaban J connectivity index is 1.66. The van der Waals surface area contributed by atoms with Gasteiger partial charge in [0.25, 0.3) is 20.2 Å². The summed E-state index contributed by atoms with van der Waals surface area (Å²) in [6, 6.07) is 14.6. The number of nitrogens with one attached hydrogen (secondary N) is 1. The summed E-state index contributed by atoms with van der Waals surface area (Å²) < 4.78 is 74.8. The molecule has 0 saturated heterocycles. The first-order chi connectivity index (χ1) is 23.4. The SMILES string of the molecule is COc1c(C)cc(C)c(N=C2C=CC(=C(c3ccc(Nc4c(C)cc(C)c(C)c4C)cc3)c3ccc(S(=O)(=O)O)cc3S(=O)(=O)O)C=C2)c1C. The molecule has 9 nitrogen and oxygen atoms in total. The van der Waals surface area contributed by atoms with E-state index in [2.05, 4.69) is 32.2 Å². The van der Waals surface area contributed by atoms with Gasteiger partial charge < -0.3 is 10.1 Å². The minimum absolute atomic E-state index is 0.0427. The predicted octanol–water partition coefficient (Wildman–Crippen LogP) is 8.79. The second-order valence-corrected chi connectivity index (χ2v) is 15.3. The minimum Gasteiger partial charge on any atom is -0.496 e. The number of ether oxygens (including phenoxy) is 1. The normalized spacial score (nSPS) is 13.1. The van der Waals surface area contributed by atoms with Gasteiger partial charge in [-0.15, -0.1) is 0 Å². The molecule has 0 heterocycles. The summed E-state index contributed by atoms with van der Waals surface area (Å²) in [4.78, 5) is 3.55. The van der Waals surface area contributed by atoms with Crippen LogP contribution >= 0.6 is 0 Å². The van der Waals surface area contributed by atoms with Crippen LogP contribution in [0.5, 0.6) is 5.75 Å². The Morgan fingerprint density at radius 2 is 1.30 bits per heavy atom. The molecule has 4 aromatic carbocycles. The Morgan fingerprint density at radius 3 is 1.88 bits per heavy atom. The van der Waals surface area contributed by atoms with Crippen molar-refractivity contribution in [3.8, 4) is 5.75 Å². The highest BCUT2D eigenvalue weighted by Crippen LogP contribution is 2.38. The van der Waals surface area contributed by atoms with E-state index in [1.54, 1.807) is 31.4 Å². The molecule has 4 aromatic rings. The highest BCUT2D eigenvalue weighted by atomic mass is 32.2. The molecule has 1 aliphatic carbocycles. The lowest BCUT2D eigenvalue weighted by Crippen LogP contribution is -2.08. The molecule has 3 N–H and O–H groups in total. The number of aryl methyl sites for hydroxylation is 4. The van der Waals surface area contributed by atoms with E-state index in [1.807, 2.05) is 58.0 Å². The number of methoxy groups -OCH3 is 1. The molecule has 0 aliphatic heterocycles. The number of aliphatic imine (C=N–C) groups is 1. The second kappa shape index (κ2) is 13.8. The number of hydrogen-bond donors (Lipinski definition) is 3. The molecule has 0 spiro atoms. The summed E-state index contributed by atoms with van der Waals surface area (Å²) in [7, 11) is -8.10. The number of nitrogens with zero attached hydrogens (tertiary/aromatic N) is 1. The zero-order chi connectivity index (χ0) is 36.7. The third kappa shape index (κ3) is 7.36. The molecule has 0 amide bonds. The molecule has 11 heteroatoms. The van der Waals surface area contributed by atoms with Crippen molar-refractivity contribution in [3.63, 3.8) is 0 Å². The van der Waals surface area contributed by atoms with Gasteiger partial charge in [-0.1, -0.05) is 42.5 Å². The fourth-order valence-corrected chi connectivity index (χ4v) is 7.68. The summed E-state index contributed by atoms with van der Waals surface area (Å²) in [5.74, 6) is 0.758. The maximum Gasteiger partial charge on any atom is 0.295 e. The molecule has 0 atom stereocenters. The van der Waals surface area contributed by atoms with Gasteiger partial charge in [0.15, 0.2) is 0 Å². The van der Waals surface area contributed by atoms with Crippen LogP contribution in [-0.2, 0) is 20.2 Å². The molecule has 0 radical (unpaired) electrons. The van der Waals surface area contributed by atoms with E-state index in [4.69, 9.17) is 9.73 Å². The fourth-order valence-electron chi connectivity index (χ4n) is 6.38. The maximum absolute atomic E-state index is 12.7. The smallest absolute Gasteiger partial charge is 0.295 e. The monoisotopic (exact) mass is 712 g/mol.